The number of carbonyl (C=O) groups excluding carboxylic acids is 1. The number of nitrogens with zero attached hydrogens (tertiary/aromatic N) is 1. The first-order valence-electron chi connectivity index (χ1n) is 8.74. The van der Waals surface area contributed by atoms with Crippen LogP contribution in [0, 0.1) is 19.7 Å². The second-order valence-corrected chi connectivity index (χ2v) is 6.82. The zero-order chi connectivity index (χ0) is 21.0. The van der Waals surface area contributed by atoms with Crippen LogP contribution in [-0.4, -0.2) is 54.1 Å². The number of carbonyl (C=O) groups is 2. The van der Waals surface area contributed by atoms with Gasteiger partial charge in [0.25, 0.3) is 5.91 Å². The number of hydrogen-bond donors (Lipinski definition) is 4. The lowest BCUT2D eigenvalue weighted by Crippen LogP contribution is -2.31. The lowest BCUT2D eigenvalue weighted by molar-refractivity contribution is -0.130. The second kappa shape index (κ2) is 8.71. The summed E-state index contributed by atoms with van der Waals surface area (Å²) in [6, 6.07) is 3.56. The quantitative estimate of drug-likeness (QED) is 0.429. The van der Waals surface area contributed by atoms with E-state index in [-0.39, 0.29) is 22.7 Å². The molecule has 28 heavy (non-hydrogen) atoms. The van der Waals surface area contributed by atoms with Gasteiger partial charge in [0.2, 0.25) is 0 Å². The van der Waals surface area contributed by atoms with Crippen molar-refractivity contribution in [3.8, 4) is 0 Å². The number of carboxylic acids is 1. The van der Waals surface area contributed by atoms with Crippen molar-refractivity contribution >= 4 is 29.2 Å². The summed E-state index contributed by atoms with van der Waals surface area (Å²) in [5.74, 6) is -2.08. The lowest BCUT2D eigenvalue weighted by Gasteiger charge is -2.10. The van der Waals surface area contributed by atoms with Crippen LogP contribution in [0.1, 0.15) is 32.9 Å². The number of carboxylic acid groups (broad SMARTS) is 1. The van der Waals surface area contributed by atoms with Gasteiger partial charge in [0, 0.05) is 35.7 Å². The van der Waals surface area contributed by atoms with E-state index < -0.39 is 11.8 Å². The van der Waals surface area contributed by atoms with Gasteiger partial charge in [-0.05, 0) is 57.8 Å². The first kappa shape index (κ1) is 21.2. The Labute approximate surface area is 163 Å². The van der Waals surface area contributed by atoms with E-state index in [1.807, 2.05) is 19.0 Å². The van der Waals surface area contributed by atoms with E-state index in [9.17, 15) is 19.1 Å². The fraction of sp³-hybridized carbons (Fsp3) is 0.300. The third kappa shape index (κ3) is 4.77. The number of aromatic amines is 1. The third-order valence-corrected chi connectivity index (χ3v) is 4.37. The molecule has 1 heterocycles. The topological polar surface area (TPSA) is 111 Å². The average Bonchev–Trinajstić information content (AvgIpc) is 2.88. The molecule has 150 valence electrons. The largest absolute Gasteiger partial charge is 0.478 e. The molecule has 8 heteroatoms. The molecule has 0 aliphatic rings. The number of rotatable bonds is 7. The number of likely N-dealkylation sites (N-methyl/N-ethyl adjacent to an activating group) is 1. The van der Waals surface area contributed by atoms with Gasteiger partial charge in [0.1, 0.15) is 5.82 Å². The Kier molecular flexibility index (Phi) is 6.58. The minimum absolute atomic E-state index is 0.0798. The minimum Gasteiger partial charge on any atom is -0.478 e. The number of halogens is 1. The Balaban J connectivity index is 2.42. The molecule has 0 aliphatic carbocycles. The van der Waals surface area contributed by atoms with Crippen molar-refractivity contribution in [2.75, 3.05) is 32.9 Å². The lowest BCUT2D eigenvalue weighted by atomic mass is 10.0. The Morgan fingerprint density at radius 2 is 2.00 bits per heavy atom. The van der Waals surface area contributed by atoms with Crippen LogP contribution < -0.4 is 11.1 Å². The number of H-pyrrole nitrogens is 1. The van der Waals surface area contributed by atoms with Crippen LogP contribution in [0.5, 0.6) is 0 Å². The number of amides is 1. The van der Waals surface area contributed by atoms with Crippen molar-refractivity contribution in [3.05, 3.63) is 52.1 Å². The standard InChI is InChI=1S/C20H25FN4O3/c1-11-17(24-12(2)18(11)19(26)23-7-8-25(3)4)10-15(20(27)28)14-9-13(21)5-6-16(14)22/h5-6,9-10,24H,7-8,22H2,1-4H3,(H,23,26)(H,27,28)/b15-10-. The highest BCUT2D eigenvalue weighted by Gasteiger charge is 2.20. The zero-order valence-electron chi connectivity index (χ0n) is 16.4. The monoisotopic (exact) mass is 388 g/mol. The van der Waals surface area contributed by atoms with Gasteiger partial charge in [-0.3, -0.25) is 4.79 Å². The minimum atomic E-state index is -1.25. The van der Waals surface area contributed by atoms with Gasteiger partial charge >= 0.3 is 5.97 Å². The Hall–Kier alpha value is -3.13. The van der Waals surface area contributed by atoms with E-state index in [0.717, 1.165) is 6.07 Å². The maximum atomic E-state index is 13.6. The van der Waals surface area contributed by atoms with Gasteiger partial charge in [-0.15, -0.1) is 0 Å². The molecular weight excluding hydrogens is 363 g/mol. The van der Waals surface area contributed by atoms with Crippen molar-refractivity contribution < 1.29 is 19.1 Å². The number of hydrogen-bond acceptors (Lipinski definition) is 4. The molecule has 1 amide bonds. The molecule has 0 bridgehead atoms. The summed E-state index contributed by atoms with van der Waals surface area (Å²) in [6.45, 7) is 4.65. The van der Waals surface area contributed by atoms with E-state index in [2.05, 4.69) is 10.3 Å². The summed E-state index contributed by atoms with van der Waals surface area (Å²) in [5.41, 5.74) is 8.03. The fourth-order valence-electron chi connectivity index (χ4n) is 2.90. The van der Waals surface area contributed by atoms with E-state index in [0.29, 0.717) is 35.6 Å². The molecule has 7 nitrogen and oxygen atoms in total. The van der Waals surface area contributed by atoms with Gasteiger partial charge < -0.3 is 26.0 Å². The summed E-state index contributed by atoms with van der Waals surface area (Å²) in [7, 11) is 3.82. The Bertz CT molecular complexity index is 932. The van der Waals surface area contributed by atoms with Crippen molar-refractivity contribution in [1.82, 2.24) is 15.2 Å². The molecule has 1 aromatic carbocycles. The highest BCUT2D eigenvalue weighted by Crippen LogP contribution is 2.27. The number of benzene rings is 1. The van der Waals surface area contributed by atoms with E-state index in [4.69, 9.17) is 5.73 Å². The molecule has 2 rings (SSSR count). The molecule has 0 fully saturated rings. The molecule has 0 unspecified atom stereocenters. The van der Waals surface area contributed by atoms with Crippen molar-refractivity contribution in [3.63, 3.8) is 0 Å². The first-order chi connectivity index (χ1) is 13.1. The molecule has 0 radical (unpaired) electrons. The number of aromatic nitrogens is 1. The summed E-state index contributed by atoms with van der Waals surface area (Å²) >= 11 is 0. The summed E-state index contributed by atoms with van der Waals surface area (Å²) < 4.78 is 13.6. The summed E-state index contributed by atoms with van der Waals surface area (Å²) in [4.78, 5) is 29.3. The predicted octanol–water partition coefficient (Wildman–Crippen LogP) is 2.27. The molecule has 0 saturated heterocycles. The fourth-order valence-corrected chi connectivity index (χ4v) is 2.90. The van der Waals surface area contributed by atoms with Crippen LogP contribution in [0.3, 0.4) is 0 Å². The van der Waals surface area contributed by atoms with Gasteiger partial charge in [0.05, 0.1) is 11.1 Å². The Morgan fingerprint density at radius 3 is 2.61 bits per heavy atom. The summed E-state index contributed by atoms with van der Waals surface area (Å²) in [5, 5.41) is 12.4. The van der Waals surface area contributed by atoms with Crippen LogP contribution in [-0.2, 0) is 4.79 Å². The van der Waals surface area contributed by atoms with Gasteiger partial charge in [-0.1, -0.05) is 0 Å². The van der Waals surface area contributed by atoms with E-state index >= 15 is 0 Å². The van der Waals surface area contributed by atoms with Crippen molar-refractivity contribution in [1.29, 1.82) is 0 Å². The molecular formula is C20H25FN4O3. The van der Waals surface area contributed by atoms with Crippen LogP contribution in [0.25, 0.3) is 11.6 Å². The number of nitrogen functional groups attached to an aromatic ring is 1. The third-order valence-electron chi connectivity index (χ3n) is 4.37. The maximum Gasteiger partial charge on any atom is 0.336 e. The maximum absolute atomic E-state index is 13.6. The second-order valence-electron chi connectivity index (χ2n) is 6.82. The Morgan fingerprint density at radius 1 is 1.32 bits per heavy atom. The number of nitrogens with two attached hydrogens (primary N) is 1. The predicted molar refractivity (Wildman–Crippen MR) is 107 cm³/mol. The first-order valence-corrected chi connectivity index (χ1v) is 8.74. The number of aliphatic carboxylic acids is 1. The summed E-state index contributed by atoms with van der Waals surface area (Å²) in [6.07, 6.45) is 1.37. The van der Waals surface area contributed by atoms with Crippen LogP contribution >= 0.6 is 0 Å². The molecule has 0 spiro atoms. The molecule has 0 atom stereocenters. The molecule has 0 aliphatic heterocycles. The highest BCUT2D eigenvalue weighted by atomic mass is 19.1. The van der Waals surface area contributed by atoms with E-state index in [1.54, 1.807) is 13.8 Å². The van der Waals surface area contributed by atoms with Crippen LogP contribution in [0.2, 0.25) is 0 Å². The molecule has 0 saturated carbocycles. The number of aryl methyl sites for hydroxylation is 1. The van der Waals surface area contributed by atoms with Gasteiger partial charge in [-0.2, -0.15) is 0 Å². The average molecular weight is 388 g/mol. The molecule has 5 N–H and O–H groups in total. The smallest absolute Gasteiger partial charge is 0.336 e. The normalized spacial score (nSPS) is 11.7. The number of nitrogens with one attached hydrogen (secondary N) is 2. The molecule has 1 aromatic heterocycles. The van der Waals surface area contributed by atoms with Gasteiger partial charge in [0.15, 0.2) is 0 Å². The SMILES string of the molecule is Cc1[nH]c(/C=C(\C(=O)O)c2cc(F)ccc2N)c(C)c1C(=O)NCCN(C)C. The van der Waals surface area contributed by atoms with Crippen LogP contribution in [0.4, 0.5) is 10.1 Å². The van der Waals surface area contributed by atoms with E-state index in [1.165, 1.54) is 18.2 Å². The van der Waals surface area contributed by atoms with Crippen LogP contribution in [0.15, 0.2) is 18.2 Å². The highest BCUT2D eigenvalue weighted by molar-refractivity contribution is 6.22. The van der Waals surface area contributed by atoms with Crippen molar-refractivity contribution in [2.45, 2.75) is 13.8 Å². The van der Waals surface area contributed by atoms with Gasteiger partial charge in [-0.25, -0.2) is 9.18 Å². The molecule has 2 aromatic rings. The zero-order valence-corrected chi connectivity index (χ0v) is 16.4. The van der Waals surface area contributed by atoms with Crippen molar-refractivity contribution in [2.24, 2.45) is 0 Å². The number of anilines is 1.